The second kappa shape index (κ2) is 7.49. The van der Waals surface area contributed by atoms with Crippen LogP contribution in [0.5, 0.6) is 0 Å². The number of hydrogen-bond donors (Lipinski definition) is 0. The Morgan fingerprint density at radius 3 is 2.85 bits per heavy atom. The van der Waals surface area contributed by atoms with Gasteiger partial charge in [-0.2, -0.15) is 5.10 Å². The molecule has 0 bridgehead atoms. The molecule has 1 aliphatic rings. The van der Waals surface area contributed by atoms with E-state index in [4.69, 9.17) is 16.3 Å². The van der Waals surface area contributed by atoms with Crippen LogP contribution in [0.25, 0.3) is 6.08 Å². The number of benzene rings is 1. The summed E-state index contributed by atoms with van der Waals surface area (Å²) in [6, 6.07) is 7.44. The summed E-state index contributed by atoms with van der Waals surface area (Å²) in [6.45, 7) is 1.97. The van der Waals surface area contributed by atoms with Gasteiger partial charge < -0.3 is 4.74 Å². The molecule has 0 N–H and O–H groups in total. The van der Waals surface area contributed by atoms with E-state index >= 15 is 0 Å². The van der Waals surface area contributed by atoms with Crippen LogP contribution in [-0.2, 0) is 25.7 Å². The number of ether oxygens (including phenoxy) is 1. The largest absolute Gasteiger partial charge is 0.430 e. The van der Waals surface area contributed by atoms with Crippen molar-refractivity contribution in [2.75, 3.05) is 0 Å². The number of nitrogens with zero attached hydrogens (tertiary/aromatic N) is 2. The normalized spacial score (nSPS) is 17.3. The fraction of sp³-hybridized carbons (Fsp3) is 0.158. The molecule has 0 saturated carbocycles. The molecule has 1 atom stereocenters. The minimum Gasteiger partial charge on any atom is -0.430 e. The molecular formula is C19H15ClN2O4. The van der Waals surface area contributed by atoms with Crippen molar-refractivity contribution in [2.24, 2.45) is 5.92 Å². The first-order chi connectivity index (χ1) is 12.4. The third-order valence-electron chi connectivity index (χ3n) is 3.80. The summed E-state index contributed by atoms with van der Waals surface area (Å²) < 4.78 is 6.52. The number of esters is 1. The van der Waals surface area contributed by atoms with E-state index in [2.05, 4.69) is 5.10 Å². The predicted octanol–water partition coefficient (Wildman–Crippen LogP) is 2.81. The van der Waals surface area contributed by atoms with E-state index in [1.165, 1.54) is 19.1 Å². The number of cyclic esters (lactones) is 1. The van der Waals surface area contributed by atoms with Crippen molar-refractivity contribution in [3.05, 3.63) is 70.7 Å². The lowest BCUT2D eigenvalue weighted by Gasteiger charge is -2.15. The van der Waals surface area contributed by atoms with Crippen LogP contribution in [-0.4, -0.2) is 27.3 Å². The second-order valence-corrected chi connectivity index (χ2v) is 6.22. The average Bonchev–Trinajstić information content (AvgIpc) is 3.02. The molecular weight excluding hydrogens is 356 g/mol. The molecule has 132 valence electrons. The summed E-state index contributed by atoms with van der Waals surface area (Å²) in [5.74, 6) is -3.29. The molecule has 2 heterocycles. The molecule has 7 heteroatoms. The lowest BCUT2D eigenvalue weighted by Crippen LogP contribution is -2.34. The quantitative estimate of drug-likeness (QED) is 0.459. The van der Waals surface area contributed by atoms with Crippen LogP contribution in [0.15, 0.2) is 54.6 Å². The fourth-order valence-corrected chi connectivity index (χ4v) is 2.73. The zero-order valence-electron chi connectivity index (χ0n) is 13.9. The Bertz CT molecular complexity index is 943. The minimum atomic E-state index is -1.44. The van der Waals surface area contributed by atoms with E-state index < -0.39 is 23.5 Å². The third kappa shape index (κ3) is 3.97. The van der Waals surface area contributed by atoms with Gasteiger partial charge >= 0.3 is 5.97 Å². The molecule has 0 amide bonds. The Morgan fingerprint density at radius 1 is 1.35 bits per heavy atom. The Labute approximate surface area is 154 Å². The lowest BCUT2D eigenvalue weighted by atomic mass is 9.96. The summed E-state index contributed by atoms with van der Waals surface area (Å²) in [5.41, 5.74) is 1.58. The monoisotopic (exact) mass is 370 g/mol. The summed E-state index contributed by atoms with van der Waals surface area (Å²) in [6.07, 6.45) is 7.16. The van der Waals surface area contributed by atoms with E-state index in [-0.39, 0.29) is 5.76 Å². The van der Waals surface area contributed by atoms with Gasteiger partial charge in [0.2, 0.25) is 0 Å². The van der Waals surface area contributed by atoms with Gasteiger partial charge in [0.05, 0.1) is 12.7 Å². The smallest absolute Gasteiger partial charge is 0.329 e. The molecule has 0 aliphatic carbocycles. The van der Waals surface area contributed by atoms with Crippen molar-refractivity contribution in [3.63, 3.8) is 0 Å². The number of rotatable bonds is 5. The van der Waals surface area contributed by atoms with E-state index in [1.54, 1.807) is 23.1 Å². The molecule has 6 nitrogen and oxygen atoms in total. The molecule has 1 unspecified atom stereocenters. The van der Waals surface area contributed by atoms with Crippen molar-refractivity contribution < 1.29 is 19.1 Å². The standard InChI is InChI=1S/C19H15ClN2O4/c1-12-8-17(24)18(19(25)26-12)16(23)7-6-13-9-21-22(10-13)11-14-4-2-3-5-15(14)20/h2-10,18H,11H2,1H3. The molecule has 0 fully saturated rings. The van der Waals surface area contributed by atoms with E-state index in [1.807, 2.05) is 18.2 Å². The number of halogens is 1. The van der Waals surface area contributed by atoms with Crippen molar-refractivity contribution in [3.8, 4) is 0 Å². The highest BCUT2D eigenvalue weighted by atomic mass is 35.5. The van der Waals surface area contributed by atoms with Crippen molar-refractivity contribution in [1.29, 1.82) is 0 Å². The van der Waals surface area contributed by atoms with Gasteiger partial charge in [-0.1, -0.05) is 29.8 Å². The molecule has 3 rings (SSSR count). The number of carbonyl (C=O) groups excluding carboxylic acids is 3. The van der Waals surface area contributed by atoms with Crippen LogP contribution in [0.3, 0.4) is 0 Å². The molecule has 0 spiro atoms. The number of allylic oxidation sites excluding steroid dienone is 3. The van der Waals surface area contributed by atoms with Gasteiger partial charge in [0.25, 0.3) is 0 Å². The van der Waals surface area contributed by atoms with Gasteiger partial charge in [-0.3, -0.25) is 19.1 Å². The van der Waals surface area contributed by atoms with Crippen LogP contribution in [0.4, 0.5) is 0 Å². The van der Waals surface area contributed by atoms with Crippen molar-refractivity contribution >= 4 is 35.2 Å². The van der Waals surface area contributed by atoms with Gasteiger partial charge in [0.15, 0.2) is 17.5 Å². The van der Waals surface area contributed by atoms with Gasteiger partial charge in [-0.15, -0.1) is 0 Å². The summed E-state index contributed by atoms with van der Waals surface area (Å²) in [7, 11) is 0. The van der Waals surface area contributed by atoms with Crippen LogP contribution in [0, 0.1) is 5.92 Å². The third-order valence-corrected chi connectivity index (χ3v) is 4.16. The van der Waals surface area contributed by atoms with Crippen LogP contribution in [0.1, 0.15) is 18.1 Å². The number of hydrogen-bond acceptors (Lipinski definition) is 5. The fourth-order valence-electron chi connectivity index (χ4n) is 2.53. The highest BCUT2D eigenvalue weighted by molar-refractivity contribution is 6.31. The van der Waals surface area contributed by atoms with Crippen molar-refractivity contribution in [2.45, 2.75) is 13.5 Å². The highest BCUT2D eigenvalue weighted by Crippen LogP contribution is 2.18. The maximum absolute atomic E-state index is 12.2. The first-order valence-corrected chi connectivity index (χ1v) is 8.23. The average molecular weight is 371 g/mol. The SMILES string of the molecule is CC1=CC(=O)C(C(=O)C=Cc2cnn(Cc3ccccc3Cl)c2)C(=O)O1. The van der Waals surface area contributed by atoms with Gasteiger partial charge in [0.1, 0.15) is 5.76 Å². The van der Waals surface area contributed by atoms with Crippen LogP contribution in [0.2, 0.25) is 5.02 Å². The Hall–Kier alpha value is -2.99. The van der Waals surface area contributed by atoms with Gasteiger partial charge in [0, 0.05) is 22.9 Å². The lowest BCUT2D eigenvalue weighted by molar-refractivity contribution is -0.151. The summed E-state index contributed by atoms with van der Waals surface area (Å²) in [5, 5.41) is 4.86. The van der Waals surface area contributed by atoms with Crippen LogP contribution >= 0.6 is 11.6 Å². The van der Waals surface area contributed by atoms with E-state index in [0.717, 1.165) is 11.6 Å². The highest BCUT2D eigenvalue weighted by Gasteiger charge is 2.36. The number of ketones is 2. The maximum atomic E-state index is 12.2. The molecule has 0 radical (unpaired) electrons. The first kappa shape index (κ1) is 17.8. The van der Waals surface area contributed by atoms with Crippen LogP contribution < -0.4 is 0 Å². The summed E-state index contributed by atoms with van der Waals surface area (Å²) in [4.78, 5) is 35.7. The van der Waals surface area contributed by atoms with Crippen molar-refractivity contribution in [1.82, 2.24) is 9.78 Å². The Kier molecular flexibility index (Phi) is 5.14. The Morgan fingerprint density at radius 2 is 2.12 bits per heavy atom. The zero-order valence-corrected chi connectivity index (χ0v) is 14.6. The molecule has 2 aromatic rings. The van der Waals surface area contributed by atoms with E-state index in [9.17, 15) is 14.4 Å². The number of aromatic nitrogens is 2. The van der Waals surface area contributed by atoms with Gasteiger partial charge in [-0.05, 0) is 30.7 Å². The summed E-state index contributed by atoms with van der Waals surface area (Å²) >= 11 is 6.13. The molecule has 0 saturated heterocycles. The second-order valence-electron chi connectivity index (χ2n) is 5.81. The molecule has 1 aliphatic heterocycles. The molecule has 26 heavy (non-hydrogen) atoms. The molecule has 1 aromatic carbocycles. The maximum Gasteiger partial charge on any atom is 0.329 e. The zero-order chi connectivity index (χ0) is 18.7. The molecule has 1 aromatic heterocycles. The topological polar surface area (TPSA) is 78.3 Å². The number of carbonyl (C=O) groups is 3. The van der Waals surface area contributed by atoms with E-state index in [0.29, 0.717) is 17.1 Å². The first-order valence-electron chi connectivity index (χ1n) is 7.85. The van der Waals surface area contributed by atoms with Gasteiger partial charge in [-0.25, -0.2) is 0 Å². The Balaban J connectivity index is 1.69. The minimum absolute atomic E-state index is 0.189. The predicted molar refractivity (Wildman–Crippen MR) is 95.2 cm³/mol.